The molecule has 0 aliphatic heterocycles. The second-order valence-corrected chi connectivity index (χ2v) is 9.59. The minimum absolute atomic E-state index is 0.0819. The summed E-state index contributed by atoms with van der Waals surface area (Å²) in [4.78, 5) is 0.141. The highest BCUT2D eigenvalue weighted by Crippen LogP contribution is 2.35. The van der Waals surface area contributed by atoms with Gasteiger partial charge in [0.15, 0.2) is 9.84 Å². The number of benzene rings is 2. The first-order valence-corrected chi connectivity index (χ1v) is 10.6. The molecule has 0 saturated heterocycles. The molecule has 0 bridgehead atoms. The van der Waals surface area contributed by atoms with Crippen LogP contribution in [0.1, 0.15) is 24.8 Å². The van der Waals surface area contributed by atoms with E-state index in [2.05, 4.69) is 0 Å². The smallest absolute Gasteiger partial charge is 0.182 e. The van der Waals surface area contributed by atoms with Crippen LogP contribution in [0.2, 0.25) is 15.1 Å². The Morgan fingerprint density at radius 1 is 0.960 bits per heavy atom. The van der Waals surface area contributed by atoms with Gasteiger partial charge in [-0.2, -0.15) is 0 Å². The molecule has 25 heavy (non-hydrogen) atoms. The van der Waals surface area contributed by atoms with Gasteiger partial charge < -0.3 is 4.74 Å². The first kappa shape index (κ1) is 19.0. The molecule has 2 aromatic carbocycles. The van der Waals surface area contributed by atoms with Crippen LogP contribution in [0.25, 0.3) is 0 Å². The van der Waals surface area contributed by atoms with Gasteiger partial charge in [0.2, 0.25) is 0 Å². The number of sulfone groups is 1. The molecule has 0 amide bonds. The zero-order chi connectivity index (χ0) is 18.0. The summed E-state index contributed by atoms with van der Waals surface area (Å²) in [6.45, 7) is 0.441. The van der Waals surface area contributed by atoms with E-state index in [9.17, 15) is 8.42 Å². The number of halogens is 3. The highest BCUT2D eigenvalue weighted by molar-refractivity contribution is 7.92. The quantitative estimate of drug-likeness (QED) is 0.637. The van der Waals surface area contributed by atoms with Crippen LogP contribution in [0.5, 0.6) is 0 Å². The summed E-state index contributed by atoms with van der Waals surface area (Å²) in [6, 6.07) is 11.9. The Hall–Kier alpha value is -0.780. The van der Waals surface area contributed by atoms with Crippen LogP contribution in [0.4, 0.5) is 0 Å². The summed E-state index contributed by atoms with van der Waals surface area (Å²) in [5.74, 6) is 0. The van der Waals surface area contributed by atoms with Crippen LogP contribution in [-0.2, 0) is 21.2 Å². The molecular weight excluding hydrogens is 403 g/mol. The fourth-order valence-electron chi connectivity index (χ4n) is 3.01. The molecule has 1 aliphatic rings. The first-order valence-electron chi connectivity index (χ1n) is 7.91. The molecule has 1 fully saturated rings. The summed E-state index contributed by atoms with van der Waals surface area (Å²) in [7, 11) is -3.50. The lowest BCUT2D eigenvalue weighted by Crippen LogP contribution is -2.20. The standard InChI is InChI=1S/C18H17Cl3O3S/c19-13-3-1-12(2-4-13)11-24-15-6-7-16(10-15)25(22,23)18-8-5-14(20)9-17(18)21/h1-5,8-9,15-16H,6-7,10-11H2/t15-,16-/m1/s1. The second kappa shape index (κ2) is 7.85. The van der Waals surface area contributed by atoms with Crippen molar-refractivity contribution in [3.63, 3.8) is 0 Å². The fraction of sp³-hybridized carbons (Fsp3) is 0.333. The molecule has 1 aliphatic carbocycles. The molecule has 3 rings (SSSR count). The average Bonchev–Trinajstić information content (AvgIpc) is 3.04. The molecule has 3 nitrogen and oxygen atoms in total. The third kappa shape index (κ3) is 4.50. The van der Waals surface area contributed by atoms with Crippen LogP contribution in [0, 0.1) is 0 Å². The predicted octanol–water partition coefficient (Wildman–Crippen LogP) is 5.56. The second-order valence-electron chi connectivity index (χ2n) is 6.11. The zero-order valence-corrected chi connectivity index (χ0v) is 16.4. The SMILES string of the molecule is O=S(=O)(c1ccc(Cl)cc1Cl)[C@@H]1CC[C@@H](OCc2ccc(Cl)cc2)C1. The maximum atomic E-state index is 12.8. The van der Waals surface area contributed by atoms with Crippen LogP contribution < -0.4 is 0 Å². The van der Waals surface area contributed by atoms with Crippen LogP contribution in [0.15, 0.2) is 47.4 Å². The van der Waals surface area contributed by atoms with Crippen molar-refractivity contribution in [1.29, 1.82) is 0 Å². The van der Waals surface area contributed by atoms with E-state index in [1.54, 1.807) is 6.07 Å². The van der Waals surface area contributed by atoms with Crippen LogP contribution in [-0.4, -0.2) is 19.8 Å². The van der Waals surface area contributed by atoms with Gasteiger partial charge in [-0.1, -0.05) is 46.9 Å². The van der Waals surface area contributed by atoms with Gasteiger partial charge in [-0.25, -0.2) is 8.42 Å². The van der Waals surface area contributed by atoms with Crippen molar-refractivity contribution in [2.75, 3.05) is 0 Å². The summed E-state index contributed by atoms with van der Waals surface area (Å²) >= 11 is 17.8. The van der Waals surface area contributed by atoms with Crippen molar-refractivity contribution >= 4 is 44.6 Å². The Morgan fingerprint density at radius 2 is 1.64 bits per heavy atom. The molecule has 2 aromatic rings. The maximum Gasteiger partial charge on any atom is 0.182 e. The Balaban J connectivity index is 1.64. The number of hydrogen-bond acceptors (Lipinski definition) is 3. The number of hydrogen-bond donors (Lipinski definition) is 0. The largest absolute Gasteiger partial charge is 0.373 e. The molecule has 0 N–H and O–H groups in total. The first-order chi connectivity index (χ1) is 11.9. The Bertz CT molecular complexity index is 850. The van der Waals surface area contributed by atoms with Gasteiger partial charge in [0, 0.05) is 10.0 Å². The van der Waals surface area contributed by atoms with E-state index in [-0.39, 0.29) is 16.0 Å². The fourth-order valence-corrected chi connectivity index (χ4v) is 5.73. The third-order valence-electron chi connectivity index (χ3n) is 4.37. The lowest BCUT2D eigenvalue weighted by atomic mass is 10.2. The lowest BCUT2D eigenvalue weighted by molar-refractivity contribution is 0.0458. The minimum atomic E-state index is -3.50. The summed E-state index contributed by atoms with van der Waals surface area (Å²) in [5, 5.41) is 0.773. The van der Waals surface area contributed by atoms with E-state index < -0.39 is 15.1 Å². The topological polar surface area (TPSA) is 43.4 Å². The van der Waals surface area contributed by atoms with E-state index in [1.807, 2.05) is 24.3 Å². The average molecular weight is 420 g/mol. The monoisotopic (exact) mass is 418 g/mol. The molecular formula is C18H17Cl3O3S. The molecule has 1 saturated carbocycles. The van der Waals surface area contributed by atoms with Gasteiger partial charge >= 0.3 is 0 Å². The van der Waals surface area contributed by atoms with E-state index in [4.69, 9.17) is 39.5 Å². The number of rotatable bonds is 5. The van der Waals surface area contributed by atoms with Crippen LogP contribution in [0.3, 0.4) is 0 Å². The molecule has 2 atom stereocenters. The summed E-state index contributed by atoms with van der Waals surface area (Å²) in [5.41, 5.74) is 1.01. The Morgan fingerprint density at radius 3 is 2.32 bits per heavy atom. The van der Waals surface area contributed by atoms with Gasteiger partial charge in [0.05, 0.1) is 27.9 Å². The zero-order valence-electron chi connectivity index (χ0n) is 13.3. The van der Waals surface area contributed by atoms with Crippen molar-refractivity contribution in [1.82, 2.24) is 0 Å². The highest BCUT2D eigenvalue weighted by Gasteiger charge is 2.36. The van der Waals surface area contributed by atoms with E-state index in [1.165, 1.54) is 12.1 Å². The van der Waals surface area contributed by atoms with E-state index in [0.29, 0.717) is 35.9 Å². The van der Waals surface area contributed by atoms with E-state index in [0.717, 1.165) is 5.56 Å². The van der Waals surface area contributed by atoms with Gasteiger partial charge in [0.1, 0.15) is 0 Å². The molecule has 7 heteroatoms. The normalized spacial score (nSPS) is 20.8. The predicted molar refractivity (Wildman–Crippen MR) is 101 cm³/mol. The highest BCUT2D eigenvalue weighted by atomic mass is 35.5. The molecule has 0 heterocycles. The summed E-state index contributed by atoms with van der Waals surface area (Å²) in [6.07, 6.45) is 1.66. The van der Waals surface area contributed by atoms with E-state index >= 15 is 0 Å². The third-order valence-corrected chi connectivity index (χ3v) is 7.56. The number of ether oxygens (including phenoxy) is 1. The molecule has 0 aromatic heterocycles. The van der Waals surface area contributed by atoms with Gasteiger partial charge in [-0.05, 0) is 55.2 Å². The van der Waals surface area contributed by atoms with Crippen molar-refractivity contribution in [2.24, 2.45) is 0 Å². The van der Waals surface area contributed by atoms with Gasteiger partial charge in [-0.15, -0.1) is 0 Å². The van der Waals surface area contributed by atoms with Crippen LogP contribution >= 0.6 is 34.8 Å². The van der Waals surface area contributed by atoms with Crippen molar-refractivity contribution in [2.45, 2.75) is 42.1 Å². The summed E-state index contributed by atoms with van der Waals surface area (Å²) < 4.78 is 31.5. The Labute approximate surface area is 162 Å². The van der Waals surface area contributed by atoms with Crippen molar-refractivity contribution in [3.05, 3.63) is 63.1 Å². The van der Waals surface area contributed by atoms with Gasteiger partial charge in [-0.3, -0.25) is 0 Å². The van der Waals surface area contributed by atoms with Crippen molar-refractivity contribution < 1.29 is 13.2 Å². The van der Waals surface area contributed by atoms with Gasteiger partial charge in [0.25, 0.3) is 0 Å². The lowest BCUT2D eigenvalue weighted by Gasteiger charge is -2.15. The molecule has 134 valence electrons. The molecule has 0 radical (unpaired) electrons. The minimum Gasteiger partial charge on any atom is -0.373 e. The van der Waals surface area contributed by atoms with Crippen molar-refractivity contribution in [3.8, 4) is 0 Å². The molecule has 0 unspecified atom stereocenters. The maximum absolute atomic E-state index is 12.8. The molecule has 0 spiro atoms. The Kier molecular flexibility index (Phi) is 5.96.